The zero-order valence-electron chi connectivity index (χ0n) is 17.2. The summed E-state index contributed by atoms with van der Waals surface area (Å²) in [6.07, 6.45) is 5.59. The summed E-state index contributed by atoms with van der Waals surface area (Å²) >= 11 is 6.69. The van der Waals surface area contributed by atoms with Gasteiger partial charge in [-0.2, -0.15) is 5.26 Å². The maximum Gasteiger partial charge on any atom is 0.270 e. The highest BCUT2D eigenvalue weighted by atomic mass is 32.2. The van der Waals surface area contributed by atoms with Crippen LogP contribution in [-0.2, 0) is 11.3 Å². The lowest BCUT2D eigenvalue weighted by atomic mass is 10.0. The molecule has 8 heteroatoms. The molecule has 2 aliphatic heterocycles. The van der Waals surface area contributed by atoms with Crippen LogP contribution in [0, 0.1) is 18.3 Å². The van der Waals surface area contributed by atoms with Gasteiger partial charge in [0, 0.05) is 31.7 Å². The molecular formula is C21H26N4O2S2. The number of carbonyl (C=O) groups excluding carboxylic acids is 1. The molecule has 0 bridgehead atoms. The minimum Gasteiger partial charge on any atom is -0.357 e. The number of nitriles is 1. The van der Waals surface area contributed by atoms with Crippen molar-refractivity contribution in [1.29, 1.82) is 5.26 Å². The lowest BCUT2D eigenvalue weighted by Crippen LogP contribution is -2.33. The number of nitrogens with zero attached hydrogens (tertiary/aromatic N) is 4. The molecule has 0 aliphatic carbocycles. The molecule has 0 saturated carbocycles. The standard InChI is InChI=1S/C21H26N4O2S2/c1-4-8-24-18(23-10-6-7-11-23)15(14(3)16(13-22)19(24)26)12-17-20(27)25(9-5-2)21(28)29-17/h12H,4-11H2,1-3H3/b17-12-. The van der Waals surface area contributed by atoms with Crippen LogP contribution in [0.4, 0.5) is 5.82 Å². The van der Waals surface area contributed by atoms with E-state index >= 15 is 0 Å². The summed E-state index contributed by atoms with van der Waals surface area (Å²) in [6, 6.07) is 2.09. The quantitative estimate of drug-likeness (QED) is 0.507. The highest BCUT2D eigenvalue weighted by molar-refractivity contribution is 8.26. The zero-order valence-corrected chi connectivity index (χ0v) is 18.8. The number of rotatable bonds is 6. The number of anilines is 1. The third-order valence-electron chi connectivity index (χ3n) is 5.30. The minimum atomic E-state index is -0.246. The van der Waals surface area contributed by atoms with Gasteiger partial charge >= 0.3 is 0 Å². The Kier molecular flexibility index (Phi) is 6.81. The van der Waals surface area contributed by atoms with E-state index < -0.39 is 0 Å². The van der Waals surface area contributed by atoms with Crippen molar-refractivity contribution in [2.24, 2.45) is 0 Å². The molecule has 29 heavy (non-hydrogen) atoms. The molecule has 0 atom stereocenters. The molecule has 2 aliphatic rings. The van der Waals surface area contributed by atoms with Gasteiger partial charge in [0.2, 0.25) is 0 Å². The Labute approximate surface area is 181 Å². The number of pyridine rings is 1. The molecule has 1 aromatic rings. The second-order valence-corrected chi connectivity index (χ2v) is 9.01. The lowest BCUT2D eigenvalue weighted by molar-refractivity contribution is -0.122. The number of thiocarbonyl (C=S) groups is 1. The summed E-state index contributed by atoms with van der Waals surface area (Å²) in [5, 5.41) is 9.64. The largest absolute Gasteiger partial charge is 0.357 e. The van der Waals surface area contributed by atoms with E-state index in [9.17, 15) is 14.9 Å². The van der Waals surface area contributed by atoms with Crippen molar-refractivity contribution < 1.29 is 4.79 Å². The number of aromatic nitrogens is 1. The molecule has 1 aromatic heterocycles. The maximum absolute atomic E-state index is 13.0. The fraction of sp³-hybridized carbons (Fsp3) is 0.524. The molecule has 0 radical (unpaired) electrons. The fourth-order valence-electron chi connectivity index (χ4n) is 3.89. The van der Waals surface area contributed by atoms with Gasteiger partial charge in [0.1, 0.15) is 21.8 Å². The van der Waals surface area contributed by atoms with Crippen LogP contribution in [0.1, 0.15) is 56.2 Å². The average Bonchev–Trinajstić information content (AvgIpc) is 3.31. The molecule has 1 amide bonds. The SMILES string of the molecule is CCCN1C(=O)/C(=C/c2c(C)c(C#N)c(=O)n(CCC)c2N2CCCC2)SC1=S. The molecular weight excluding hydrogens is 404 g/mol. The highest BCUT2D eigenvalue weighted by Crippen LogP contribution is 2.36. The van der Waals surface area contributed by atoms with E-state index in [4.69, 9.17) is 12.2 Å². The molecule has 2 fully saturated rings. The van der Waals surface area contributed by atoms with Crippen LogP contribution in [0.3, 0.4) is 0 Å². The van der Waals surface area contributed by atoms with Crippen LogP contribution in [-0.4, -0.2) is 39.3 Å². The summed E-state index contributed by atoms with van der Waals surface area (Å²) in [5.74, 6) is 0.729. The normalized spacial score (nSPS) is 18.2. The van der Waals surface area contributed by atoms with Crippen molar-refractivity contribution >= 4 is 46.1 Å². The lowest BCUT2D eigenvalue weighted by Gasteiger charge is -2.26. The molecule has 0 N–H and O–H groups in total. The fourth-order valence-corrected chi connectivity index (χ4v) is 5.18. The summed E-state index contributed by atoms with van der Waals surface area (Å²) in [4.78, 5) is 30.3. The van der Waals surface area contributed by atoms with Crippen molar-refractivity contribution in [2.75, 3.05) is 24.5 Å². The van der Waals surface area contributed by atoms with Crippen LogP contribution in [0.2, 0.25) is 0 Å². The molecule has 2 saturated heterocycles. The van der Waals surface area contributed by atoms with Crippen molar-refractivity contribution in [3.05, 3.63) is 31.9 Å². The van der Waals surface area contributed by atoms with Crippen LogP contribution in [0.15, 0.2) is 9.70 Å². The number of carbonyl (C=O) groups is 1. The van der Waals surface area contributed by atoms with E-state index in [2.05, 4.69) is 11.0 Å². The van der Waals surface area contributed by atoms with Gasteiger partial charge in [-0.25, -0.2) is 0 Å². The van der Waals surface area contributed by atoms with Crippen LogP contribution >= 0.6 is 24.0 Å². The minimum absolute atomic E-state index is 0.0969. The Morgan fingerprint density at radius 1 is 1.17 bits per heavy atom. The first-order chi connectivity index (χ1) is 13.9. The predicted octanol–water partition coefficient (Wildman–Crippen LogP) is 3.65. The van der Waals surface area contributed by atoms with Gasteiger partial charge in [-0.05, 0) is 44.2 Å². The van der Waals surface area contributed by atoms with E-state index in [0.717, 1.165) is 50.2 Å². The zero-order chi connectivity index (χ0) is 21.1. The first kappa shape index (κ1) is 21.6. The molecule has 0 spiro atoms. The number of amides is 1. The van der Waals surface area contributed by atoms with Gasteiger partial charge in [-0.1, -0.05) is 37.8 Å². The Hall–Kier alpha value is -2.11. The Bertz CT molecular complexity index is 968. The van der Waals surface area contributed by atoms with Crippen LogP contribution < -0.4 is 10.5 Å². The predicted molar refractivity (Wildman–Crippen MR) is 122 cm³/mol. The van der Waals surface area contributed by atoms with Gasteiger partial charge in [0.15, 0.2) is 0 Å². The van der Waals surface area contributed by atoms with E-state index in [1.54, 1.807) is 16.4 Å². The van der Waals surface area contributed by atoms with Crippen molar-refractivity contribution in [2.45, 2.75) is 53.0 Å². The summed E-state index contributed by atoms with van der Waals surface area (Å²) in [7, 11) is 0. The molecule has 154 valence electrons. The molecule has 3 heterocycles. The number of hydrogen-bond acceptors (Lipinski definition) is 6. The summed E-state index contributed by atoms with van der Waals surface area (Å²) < 4.78 is 2.28. The van der Waals surface area contributed by atoms with Gasteiger partial charge in [-0.3, -0.25) is 19.1 Å². The molecule has 6 nitrogen and oxygen atoms in total. The summed E-state index contributed by atoms with van der Waals surface area (Å²) in [5.41, 5.74) is 1.32. The number of thioether (sulfide) groups is 1. The first-order valence-corrected chi connectivity index (χ1v) is 11.3. The molecule has 0 unspecified atom stereocenters. The van der Waals surface area contributed by atoms with Crippen molar-refractivity contribution in [3.63, 3.8) is 0 Å². The van der Waals surface area contributed by atoms with Crippen LogP contribution in [0.25, 0.3) is 6.08 Å². The number of hydrogen-bond donors (Lipinski definition) is 0. The van der Waals surface area contributed by atoms with Gasteiger partial charge in [-0.15, -0.1) is 0 Å². The van der Waals surface area contributed by atoms with E-state index in [0.29, 0.717) is 27.9 Å². The monoisotopic (exact) mass is 430 g/mol. The Morgan fingerprint density at radius 2 is 1.83 bits per heavy atom. The Morgan fingerprint density at radius 3 is 2.41 bits per heavy atom. The summed E-state index contributed by atoms with van der Waals surface area (Å²) in [6.45, 7) is 8.70. The van der Waals surface area contributed by atoms with Crippen LogP contribution in [0.5, 0.6) is 0 Å². The van der Waals surface area contributed by atoms with Gasteiger partial charge in [0.05, 0.1) is 4.91 Å². The Balaban J connectivity index is 2.23. The van der Waals surface area contributed by atoms with Crippen molar-refractivity contribution in [1.82, 2.24) is 9.47 Å². The molecule has 0 aromatic carbocycles. The van der Waals surface area contributed by atoms with E-state index in [1.807, 2.05) is 19.9 Å². The average molecular weight is 431 g/mol. The highest BCUT2D eigenvalue weighted by Gasteiger charge is 2.33. The third kappa shape index (κ3) is 3.99. The third-order valence-corrected chi connectivity index (χ3v) is 6.67. The maximum atomic E-state index is 13.0. The van der Waals surface area contributed by atoms with E-state index in [1.165, 1.54) is 11.8 Å². The van der Waals surface area contributed by atoms with Crippen molar-refractivity contribution in [3.8, 4) is 6.07 Å². The topological polar surface area (TPSA) is 69.3 Å². The molecule has 3 rings (SSSR count). The van der Waals surface area contributed by atoms with E-state index in [-0.39, 0.29) is 17.0 Å². The van der Waals surface area contributed by atoms with Gasteiger partial charge < -0.3 is 4.90 Å². The second kappa shape index (κ2) is 9.14. The second-order valence-electron chi connectivity index (χ2n) is 7.33. The first-order valence-electron chi connectivity index (χ1n) is 10.1. The smallest absolute Gasteiger partial charge is 0.270 e. The van der Waals surface area contributed by atoms with Gasteiger partial charge in [0.25, 0.3) is 11.5 Å².